The van der Waals surface area contributed by atoms with Crippen LogP contribution in [0.15, 0.2) is 54.7 Å². The standard InChI is InChI=1S/C24H25ClN2O4S/c1-15(28)32-14-18(11-16-7-9-19(25)10-8-16)23(29)27-22(24(30)31-2)12-17-13-26-21-6-4-3-5-20(17)21/h3-10,13,18,22,26H,11-12,14H2,1-2H3,(H,27,29)/t18?,22-/m0/s1. The molecule has 1 heterocycles. The number of carbonyl (C=O) groups excluding carboxylic acids is 3. The minimum absolute atomic E-state index is 0.0674. The van der Waals surface area contributed by atoms with E-state index in [-0.39, 0.29) is 17.4 Å². The number of hydrogen-bond donors (Lipinski definition) is 2. The summed E-state index contributed by atoms with van der Waals surface area (Å²) in [7, 11) is 1.30. The lowest BCUT2D eigenvalue weighted by atomic mass is 9.99. The molecule has 2 atom stereocenters. The summed E-state index contributed by atoms with van der Waals surface area (Å²) >= 11 is 7.05. The highest BCUT2D eigenvalue weighted by Crippen LogP contribution is 2.21. The highest BCUT2D eigenvalue weighted by atomic mass is 35.5. The van der Waals surface area contributed by atoms with Gasteiger partial charge in [-0.2, -0.15) is 0 Å². The Hall–Kier alpha value is -2.77. The molecule has 1 aromatic heterocycles. The predicted octanol–water partition coefficient (Wildman–Crippen LogP) is 4.16. The Bertz CT molecular complexity index is 1100. The van der Waals surface area contributed by atoms with Gasteiger partial charge in [0, 0.05) is 41.2 Å². The number of esters is 1. The molecule has 8 heteroatoms. The van der Waals surface area contributed by atoms with Gasteiger partial charge < -0.3 is 15.0 Å². The van der Waals surface area contributed by atoms with Crippen molar-refractivity contribution < 1.29 is 19.1 Å². The van der Waals surface area contributed by atoms with Crippen molar-refractivity contribution in [2.45, 2.75) is 25.8 Å². The predicted molar refractivity (Wildman–Crippen MR) is 128 cm³/mol. The molecular weight excluding hydrogens is 448 g/mol. The van der Waals surface area contributed by atoms with Gasteiger partial charge in [-0.25, -0.2) is 4.79 Å². The number of hydrogen-bond acceptors (Lipinski definition) is 5. The third-order valence-electron chi connectivity index (χ3n) is 5.16. The maximum absolute atomic E-state index is 13.2. The number of benzene rings is 2. The molecule has 0 aliphatic rings. The Morgan fingerprint density at radius 3 is 2.50 bits per heavy atom. The van der Waals surface area contributed by atoms with Crippen molar-refractivity contribution >= 4 is 51.3 Å². The molecule has 168 valence electrons. The summed E-state index contributed by atoms with van der Waals surface area (Å²) in [5.41, 5.74) is 2.78. The largest absolute Gasteiger partial charge is 0.467 e. The average Bonchev–Trinajstić information content (AvgIpc) is 3.19. The molecule has 0 saturated heterocycles. The van der Waals surface area contributed by atoms with Gasteiger partial charge in [0.05, 0.1) is 13.0 Å². The molecule has 0 saturated carbocycles. The van der Waals surface area contributed by atoms with Crippen LogP contribution < -0.4 is 5.32 Å². The second kappa shape index (κ2) is 11.2. The number of para-hydroxylation sites is 1. The van der Waals surface area contributed by atoms with Crippen LogP contribution in [0.4, 0.5) is 0 Å². The van der Waals surface area contributed by atoms with Crippen LogP contribution in [-0.2, 0) is 32.0 Å². The first-order chi connectivity index (χ1) is 15.4. The van der Waals surface area contributed by atoms with Crippen molar-refractivity contribution in [1.29, 1.82) is 0 Å². The van der Waals surface area contributed by atoms with Gasteiger partial charge in [0.25, 0.3) is 0 Å². The third-order valence-corrected chi connectivity index (χ3v) is 6.38. The average molecular weight is 473 g/mol. The summed E-state index contributed by atoms with van der Waals surface area (Å²) < 4.78 is 4.95. The SMILES string of the molecule is COC(=O)[C@H](Cc1c[nH]c2ccccc12)NC(=O)C(CSC(C)=O)Cc1ccc(Cl)cc1. The lowest BCUT2D eigenvalue weighted by Gasteiger charge is -2.21. The summed E-state index contributed by atoms with van der Waals surface area (Å²) in [6.45, 7) is 1.47. The first kappa shape index (κ1) is 23.9. The van der Waals surface area contributed by atoms with Gasteiger partial charge in [0.1, 0.15) is 6.04 Å². The van der Waals surface area contributed by atoms with Crippen molar-refractivity contribution in [3.8, 4) is 0 Å². The molecule has 0 aliphatic carbocycles. The maximum atomic E-state index is 13.2. The molecule has 32 heavy (non-hydrogen) atoms. The minimum Gasteiger partial charge on any atom is -0.467 e. The second-order valence-electron chi connectivity index (χ2n) is 7.48. The van der Waals surface area contributed by atoms with Crippen LogP contribution in [0.5, 0.6) is 0 Å². The molecule has 3 rings (SSSR count). The normalized spacial score (nSPS) is 12.8. The van der Waals surface area contributed by atoms with Crippen LogP contribution in [0.25, 0.3) is 10.9 Å². The van der Waals surface area contributed by atoms with Gasteiger partial charge in [-0.15, -0.1) is 0 Å². The molecule has 0 bridgehead atoms. The van der Waals surface area contributed by atoms with E-state index in [9.17, 15) is 14.4 Å². The van der Waals surface area contributed by atoms with Crippen LogP contribution in [0.2, 0.25) is 5.02 Å². The number of ether oxygens (including phenoxy) is 1. The fourth-order valence-electron chi connectivity index (χ4n) is 3.50. The summed E-state index contributed by atoms with van der Waals surface area (Å²) in [6, 6.07) is 14.1. The first-order valence-electron chi connectivity index (χ1n) is 10.2. The summed E-state index contributed by atoms with van der Waals surface area (Å²) in [5.74, 6) is -1.01. The number of fused-ring (bicyclic) bond motifs is 1. The Labute approximate surface area is 196 Å². The molecule has 2 aromatic carbocycles. The van der Waals surface area contributed by atoms with E-state index < -0.39 is 17.9 Å². The van der Waals surface area contributed by atoms with Gasteiger partial charge >= 0.3 is 5.97 Å². The fourth-order valence-corrected chi connectivity index (χ4v) is 4.33. The van der Waals surface area contributed by atoms with Crippen molar-refractivity contribution in [3.05, 3.63) is 70.9 Å². The molecule has 0 fully saturated rings. The van der Waals surface area contributed by atoms with Gasteiger partial charge in [0.2, 0.25) is 5.91 Å². The number of carbonyl (C=O) groups is 3. The maximum Gasteiger partial charge on any atom is 0.328 e. The Balaban J connectivity index is 1.78. The van der Waals surface area contributed by atoms with E-state index in [0.29, 0.717) is 17.2 Å². The zero-order valence-electron chi connectivity index (χ0n) is 17.9. The van der Waals surface area contributed by atoms with E-state index in [1.807, 2.05) is 42.6 Å². The lowest BCUT2D eigenvalue weighted by Crippen LogP contribution is -2.46. The molecule has 1 amide bonds. The number of aromatic nitrogens is 1. The molecule has 0 radical (unpaired) electrons. The molecular formula is C24H25ClN2O4S. The van der Waals surface area contributed by atoms with Gasteiger partial charge in [-0.1, -0.05) is 53.7 Å². The van der Waals surface area contributed by atoms with Gasteiger partial charge in [0.15, 0.2) is 5.12 Å². The first-order valence-corrected chi connectivity index (χ1v) is 11.5. The van der Waals surface area contributed by atoms with Gasteiger partial charge in [-0.3, -0.25) is 9.59 Å². The van der Waals surface area contributed by atoms with E-state index in [0.717, 1.165) is 33.8 Å². The number of rotatable bonds is 9. The van der Waals surface area contributed by atoms with Crippen molar-refractivity contribution in [1.82, 2.24) is 10.3 Å². The van der Waals surface area contributed by atoms with E-state index in [4.69, 9.17) is 16.3 Å². The topological polar surface area (TPSA) is 88.3 Å². The summed E-state index contributed by atoms with van der Waals surface area (Å²) in [4.78, 5) is 40.3. The lowest BCUT2D eigenvalue weighted by molar-refractivity contribution is -0.145. The Morgan fingerprint density at radius 1 is 1.09 bits per heavy atom. The number of amides is 1. The third kappa shape index (κ3) is 6.37. The smallest absolute Gasteiger partial charge is 0.328 e. The molecule has 0 spiro atoms. The van der Waals surface area contributed by atoms with E-state index in [1.54, 1.807) is 12.1 Å². The van der Waals surface area contributed by atoms with Crippen LogP contribution in [-0.4, -0.2) is 40.9 Å². The van der Waals surface area contributed by atoms with Crippen LogP contribution >= 0.6 is 23.4 Å². The zero-order chi connectivity index (χ0) is 23.1. The molecule has 0 aliphatic heterocycles. The molecule has 1 unspecified atom stereocenters. The highest BCUT2D eigenvalue weighted by Gasteiger charge is 2.28. The van der Waals surface area contributed by atoms with Gasteiger partial charge in [-0.05, 0) is 35.7 Å². The van der Waals surface area contributed by atoms with Crippen molar-refractivity contribution in [2.75, 3.05) is 12.9 Å². The zero-order valence-corrected chi connectivity index (χ0v) is 19.5. The number of nitrogens with one attached hydrogen (secondary N) is 2. The quantitative estimate of drug-likeness (QED) is 0.456. The molecule has 6 nitrogen and oxygen atoms in total. The van der Waals surface area contributed by atoms with Crippen molar-refractivity contribution in [2.24, 2.45) is 5.92 Å². The molecule has 3 aromatic rings. The van der Waals surface area contributed by atoms with E-state index >= 15 is 0 Å². The number of aromatic amines is 1. The van der Waals surface area contributed by atoms with Crippen LogP contribution in [0.1, 0.15) is 18.1 Å². The Morgan fingerprint density at radius 2 is 1.81 bits per heavy atom. The van der Waals surface area contributed by atoms with Crippen LogP contribution in [0, 0.1) is 5.92 Å². The van der Waals surface area contributed by atoms with Crippen LogP contribution in [0.3, 0.4) is 0 Å². The summed E-state index contributed by atoms with van der Waals surface area (Å²) in [5, 5.41) is 4.38. The summed E-state index contributed by atoms with van der Waals surface area (Å²) in [6.07, 6.45) is 2.55. The Kier molecular flexibility index (Phi) is 8.36. The number of H-pyrrole nitrogens is 1. The highest BCUT2D eigenvalue weighted by molar-refractivity contribution is 8.13. The van der Waals surface area contributed by atoms with E-state index in [2.05, 4.69) is 10.3 Å². The molecule has 2 N–H and O–H groups in total. The fraction of sp³-hybridized carbons (Fsp3) is 0.292. The van der Waals surface area contributed by atoms with Crippen molar-refractivity contribution in [3.63, 3.8) is 0 Å². The number of thioether (sulfide) groups is 1. The minimum atomic E-state index is -0.846. The monoisotopic (exact) mass is 472 g/mol. The number of methoxy groups -OCH3 is 1. The second-order valence-corrected chi connectivity index (χ2v) is 9.11. The van der Waals surface area contributed by atoms with E-state index in [1.165, 1.54) is 14.0 Å². The number of halogens is 1.